The average molecular weight is 1370 g/mol. The van der Waals surface area contributed by atoms with Crippen LogP contribution >= 0.6 is 11.3 Å². The largest absolute Gasteiger partial charge is 0.412 e. The van der Waals surface area contributed by atoms with Crippen molar-refractivity contribution in [2.45, 2.75) is 32.7 Å². The molecule has 0 N–H and O–H groups in total. The van der Waals surface area contributed by atoms with Crippen molar-refractivity contribution in [1.29, 1.82) is 0 Å². The highest BCUT2D eigenvalue weighted by molar-refractivity contribution is 7.21. The molecule has 26 rings (SSSR count). The maximum atomic E-state index is 7.98. The molecule has 25 heteroatoms. The quantitative estimate of drug-likeness (QED) is 0.142. The summed E-state index contributed by atoms with van der Waals surface area (Å²) in [5.41, 5.74) is 26.0. The number of hydrogen-bond acceptors (Lipinski definition) is 12. The third-order valence-corrected chi connectivity index (χ3v) is 21.3. The fourth-order valence-electron chi connectivity index (χ4n) is 15.9. The van der Waals surface area contributed by atoms with Crippen molar-refractivity contribution in [2.24, 2.45) is 14.0 Å². The third-order valence-electron chi connectivity index (χ3n) is 20.1. The van der Waals surface area contributed by atoms with Crippen molar-refractivity contribution >= 4 is 94.6 Å². The molecule has 490 valence electrons. The minimum Gasteiger partial charge on any atom is -0.412 e. The Bertz CT molecular complexity index is 7090. The number of aryl methyl sites for hydroxylation is 2. The fourth-order valence-corrected chi connectivity index (χ4v) is 17.1. The van der Waals surface area contributed by atoms with Gasteiger partial charge in [-0.1, -0.05) is 59.9 Å². The van der Waals surface area contributed by atoms with Crippen LogP contribution in [0.15, 0.2) is 249 Å². The van der Waals surface area contributed by atoms with Gasteiger partial charge >= 0.3 is 17.2 Å². The van der Waals surface area contributed by atoms with E-state index in [0.717, 1.165) is 134 Å². The van der Waals surface area contributed by atoms with E-state index in [2.05, 4.69) is 183 Å². The van der Waals surface area contributed by atoms with Gasteiger partial charge in [0.2, 0.25) is 21.9 Å². The van der Waals surface area contributed by atoms with Crippen molar-refractivity contribution in [1.82, 2.24) is 85.5 Å². The Balaban J connectivity index is 0.0000000830. The Morgan fingerprint density at radius 3 is 1.31 bits per heavy atom. The number of rotatable bonds is 1. The number of nitrogens with zero attached hydrogens (tertiary/aromatic N) is 23. The molecule has 0 unspecified atom stereocenters. The molecule has 25 heterocycles. The van der Waals surface area contributed by atoms with Gasteiger partial charge in [-0.2, -0.15) is 13.4 Å². The lowest BCUT2D eigenvalue weighted by Crippen LogP contribution is -2.32. The van der Waals surface area contributed by atoms with Gasteiger partial charge in [-0.25, -0.2) is 80.9 Å². The second-order valence-corrected chi connectivity index (χ2v) is 26.8. The monoisotopic (exact) mass is 1370 g/mol. The van der Waals surface area contributed by atoms with Crippen LogP contribution in [0.4, 0.5) is 0 Å². The third kappa shape index (κ3) is 8.35. The summed E-state index contributed by atoms with van der Waals surface area (Å²) < 4.78 is 58.7. The first-order valence-electron chi connectivity index (χ1n) is 35.1. The Morgan fingerprint density at radius 2 is 0.757 bits per heavy atom. The highest BCUT2D eigenvalue weighted by Gasteiger charge is 2.40. The number of benzene rings is 1. The van der Waals surface area contributed by atoms with E-state index in [-0.39, 0.29) is 0 Å². The molecule has 103 heavy (non-hydrogen) atoms. The minimum atomic E-state index is -2.29. The number of thiazole rings is 1. The Kier molecular flexibility index (Phi) is 11.5. The number of imidazole rings is 3. The molecule has 0 saturated heterocycles. The molecular weight excluding hydrogens is 1310 g/mol. The molecular formula is C78H56N23OS+5. The zero-order chi connectivity index (χ0) is 70.2. The van der Waals surface area contributed by atoms with E-state index < -0.39 is 6.98 Å². The number of pyridine rings is 5. The van der Waals surface area contributed by atoms with Crippen LogP contribution in [0, 0.1) is 0 Å². The summed E-state index contributed by atoms with van der Waals surface area (Å²) in [6, 6.07) is 50.7. The predicted octanol–water partition coefficient (Wildman–Crippen LogP) is 10.1. The van der Waals surface area contributed by atoms with Crippen LogP contribution in [0.3, 0.4) is 0 Å². The van der Waals surface area contributed by atoms with Gasteiger partial charge in [-0.15, -0.1) is 0 Å². The topological polar surface area (TPSA) is 198 Å². The summed E-state index contributed by atoms with van der Waals surface area (Å²) in [5, 5.41) is 1.25. The fraction of sp³-hybridized carbons (Fsp3) is 0.0897. The molecule has 0 bridgehead atoms. The predicted molar refractivity (Wildman–Crippen MR) is 384 cm³/mol. The van der Waals surface area contributed by atoms with Gasteiger partial charge < -0.3 is 4.42 Å². The van der Waals surface area contributed by atoms with E-state index in [0.29, 0.717) is 17.9 Å². The Labute approximate surface area is 590 Å². The minimum absolute atomic E-state index is 0.610. The Morgan fingerprint density at radius 1 is 0.359 bits per heavy atom. The van der Waals surface area contributed by atoms with E-state index in [1.165, 1.54) is 59.2 Å². The normalized spacial score (nSPS) is 13.5. The van der Waals surface area contributed by atoms with Crippen molar-refractivity contribution in [2.75, 3.05) is 0 Å². The molecule has 0 spiro atoms. The van der Waals surface area contributed by atoms with Crippen LogP contribution in [0.25, 0.3) is 146 Å². The molecule has 1 aromatic carbocycles. The molecule has 0 aliphatic carbocycles. The van der Waals surface area contributed by atoms with E-state index >= 15 is 0 Å². The highest BCUT2D eigenvalue weighted by atomic mass is 32.1. The lowest BCUT2D eigenvalue weighted by atomic mass is 10.2. The van der Waals surface area contributed by atoms with Gasteiger partial charge in [0.05, 0.1) is 74.8 Å². The lowest BCUT2D eigenvalue weighted by molar-refractivity contribution is -0.651. The number of fused-ring (bicyclic) bond motifs is 35. The molecule has 0 radical (unpaired) electrons. The second kappa shape index (κ2) is 21.8. The van der Waals surface area contributed by atoms with Gasteiger partial charge in [0.1, 0.15) is 46.3 Å². The summed E-state index contributed by atoms with van der Waals surface area (Å²) in [7, 11) is 2.09. The average Bonchev–Trinajstić information content (AvgIpc) is 1.56. The van der Waals surface area contributed by atoms with Crippen LogP contribution in [0.1, 0.15) is 31.9 Å². The lowest BCUT2D eigenvalue weighted by Gasteiger charge is -2.02. The summed E-state index contributed by atoms with van der Waals surface area (Å²) >= 11 is 1.79. The highest BCUT2D eigenvalue weighted by Crippen LogP contribution is 2.38. The molecule has 0 amide bonds. The van der Waals surface area contributed by atoms with Gasteiger partial charge in [-0.05, 0) is 72.8 Å². The van der Waals surface area contributed by atoms with Gasteiger partial charge in [0.15, 0.2) is 39.2 Å². The van der Waals surface area contributed by atoms with Crippen LogP contribution < -0.4 is 22.8 Å². The van der Waals surface area contributed by atoms with Crippen molar-refractivity contribution in [3.63, 3.8) is 0 Å². The van der Waals surface area contributed by atoms with Crippen LogP contribution in [0.2, 0.25) is 0 Å². The zero-order valence-electron chi connectivity index (χ0n) is 57.7. The summed E-state index contributed by atoms with van der Waals surface area (Å²) in [5.74, 6) is 3.76. The van der Waals surface area contributed by atoms with E-state index in [9.17, 15) is 0 Å². The van der Waals surface area contributed by atoms with Gasteiger partial charge in [0.25, 0.3) is 34.4 Å². The standard InChI is InChI=1S/C20H14N5.2C15H12N5.C14H9N4O.C14H9N4S/c1-2-7-15(8-3-1)25-16-12-17-21-10-5-11-23(17)19(16)24-13-14-6-4-9-22-18(14)20(24)25;2*1-18-11-8-12-16-6-3-7-19(12)14(11)20-9-10-4-2-5-17-13(10)15(18)20;2*1-3-9-8-18-13-10(19-14(18)12(9)16-4-1)7-11-15-5-2-6-17(11)13/h1-12H,13H2;2*2-8H,9H2,1H3;2*1-7H,8H2/q5*+1/i;1D3;;;. The number of para-hydroxylation sites is 1. The summed E-state index contributed by atoms with van der Waals surface area (Å²) in [6.07, 6.45) is 28.2. The molecule has 0 atom stereocenters. The molecule has 24 nitrogen and oxygen atoms in total. The second-order valence-electron chi connectivity index (χ2n) is 25.8. The maximum absolute atomic E-state index is 7.98. The van der Waals surface area contributed by atoms with E-state index in [1.807, 2.05) is 148 Å². The first-order chi connectivity index (χ1) is 52.1. The maximum Gasteiger partial charge on any atom is 0.335 e. The molecule has 5 aliphatic rings. The number of hydrogen-bond donors (Lipinski definition) is 0. The molecule has 0 fully saturated rings. The smallest absolute Gasteiger partial charge is 0.335 e. The van der Waals surface area contributed by atoms with E-state index in [4.69, 9.17) is 8.53 Å². The van der Waals surface area contributed by atoms with Crippen molar-refractivity contribution in [3.8, 4) is 62.5 Å². The van der Waals surface area contributed by atoms with Crippen LogP contribution in [0.5, 0.6) is 0 Å². The Hall–Kier alpha value is -13.8. The number of aromatic nitrogens is 23. The van der Waals surface area contributed by atoms with Gasteiger partial charge in [-0.3, -0.25) is 14.1 Å². The molecule has 5 aliphatic heterocycles. The van der Waals surface area contributed by atoms with E-state index in [1.54, 1.807) is 36.1 Å². The summed E-state index contributed by atoms with van der Waals surface area (Å²) in [6.45, 7) is 1.72. The molecule has 0 saturated carbocycles. The van der Waals surface area contributed by atoms with Crippen molar-refractivity contribution in [3.05, 3.63) is 272 Å². The number of oxazole rings is 1. The first-order valence-corrected chi connectivity index (χ1v) is 34.5. The zero-order valence-corrected chi connectivity index (χ0v) is 55.5. The molecule has 20 aromatic heterocycles. The van der Waals surface area contributed by atoms with Gasteiger partial charge in [0, 0.05) is 114 Å². The summed E-state index contributed by atoms with van der Waals surface area (Å²) in [4.78, 5) is 44.6. The molecule has 21 aromatic rings. The first kappa shape index (κ1) is 54.1. The SMILES string of the molecule is Cn1c2[n+](c3c1cc1ncccn13)Cc1cccnc1-2.[2H]C([2H])([2H])n1c2[n+](c3c1cc1ncccn13)Cc1cccnc1-2.c1ccc(-n2c3[n+](c4c2cc2ncccn24)Cc2cccnc2-3)cc1.c1cnc2c(c1)C[n+]1c-2oc2cc3ncccn3c21.c1cnc2c(c1)C[n+]1c-2sc2cc3ncccn3c21. The van der Waals surface area contributed by atoms with Crippen LogP contribution in [-0.2, 0) is 46.7 Å². The van der Waals surface area contributed by atoms with Crippen molar-refractivity contribution < 1.29 is 31.4 Å². The van der Waals surface area contributed by atoms with Crippen LogP contribution in [-0.4, -0.2) is 85.5 Å².